The van der Waals surface area contributed by atoms with Crippen LogP contribution in [-0.2, 0) is 31.1 Å². The Balaban J connectivity index is 0.000000312. The zero-order chi connectivity index (χ0) is 36.0. The topological polar surface area (TPSA) is 50.2 Å². The molecule has 0 saturated carbocycles. The van der Waals surface area contributed by atoms with Crippen LogP contribution in [-0.4, -0.2) is 15.9 Å². The van der Waals surface area contributed by atoms with E-state index in [1.165, 1.54) is 18.3 Å². The van der Waals surface area contributed by atoms with Gasteiger partial charge in [0.1, 0.15) is 5.82 Å². The SMILES string of the molecule is CCC(CC)C(=O)/C=C(\O)C(CC)CC.Fc1c(-c2ccccc2)ccc2c1ccc1c(-c3[c-]c4ccccc4c(C(F)(F)F)c3)nccc12.[Ir]. The van der Waals surface area contributed by atoms with E-state index in [2.05, 4.69) is 11.1 Å². The Hall–Kier alpha value is -4.39. The van der Waals surface area contributed by atoms with Crippen LogP contribution in [0, 0.1) is 23.7 Å². The minimum absolute atomic E-state index is 0. The maximum atomic E-state index is 15.5. The standard InChI is InChI=1S/C30H16F4N.C13H24O2.Ir/c31-28-22(18-6-2-1-3-7-18)10-11-23-24-14-15-35-29(26(24)13-12-25(23)28)20-16-19-8-4-5-9-21(19)27(17-20)30(32,33)34;1-5-10(6-2)12(14)9-13(15)11(7-3)8-4;/h1-15,17H;9-11,14H,5-8H2,1-4H3;/q-1;;/b;12-9-;. The summed E-state index contributed by atoms with van der Waals surface area (Å²) in [6, 6.07) is 28.5. The van der Waals surface area contributed by atoms with Crippen molar-refractivity contribution in [2.24, 2.45) is 11.8 Å². The number of fused-ring (bicyclic) bond motifs is 4. The van der Waals surface area contributed by atoms with Gasteiger partial charge in [-0.15, -0.1) is 23.6 Å². The largest absolute Gasteiger partial charge is 0.512 e. The third-order valence-corrected chi connectivity index (χ3v) is 9.38. The van der Waals surface area contributed by atoms with Crippen LogP contribution in [0.15, 0.2) is 109 Å². The molecule has 6 rings (SSSR count). The van der Waals surface area contributed by atoms with Gasteiger partial charge in [-0.05, 0) is 59.0 Å². The second-order valence-electron chi connectivity index (χ2n) is 12.3. The molecule has 8 heteroatoms. The van der Waals surface area contributed by atoms with Crippen LogP contribution in [0.4, 0.5) is 17.6 Å². The first kappa shape index (κ1) is 39.4. The molecule has 1 radical (unpaired) electrons. The molecule has 0 spiro atoms. The van der Waals surface area contributed by atoms with E-state index in [-0.39, 0.29) is 60.3 Å². The van der Waals surface area contributed by atoms with E-state index in [9.17, 15) is 23.1 Å². The van der Waals surface area contributed by atoms with Crippen molar-refractivity contribution in [3.63, 3.8) is 0 Å². The summed E-state index contributed by atoms with van der Waals surface area (Å²) in [5, 5.41) is 12.7. The summed E-state index contributed by atoms with van der Waals surface area (Å²) < 4.78 is 57.2. The predicted octanol–water partition coefficient (Wildman–Crippen LogP) is 12.7. The summed E-state index contributed by atoms with van der Waals surface area (Å²) in [5.41, 5.74) is 1.13. The molecule has 0 saturated heterocycles. The van der Waals surface area contributed by atoms with Crippen LogP contribution in [0.25, 0.3) is 54.7 Å². The molecule has 1 aromatic heterocycles. The molecule has 5 aromatic carbocycles. The second-order valence-corrected chi connectivity index (χ2v) is 12.3. The van der Waals surface area contributed by atoms with Gasteiger partial charge in [-0.3, -0.25) is 9.78 Å². The average Bonchev–Trinajstić information content (AvgIpc) is 3.12. The molecule has 0 amide bonds. The van der Waals surface area contributed by atoms with Gasteiger partial charge in [-0.2, -0.15) is 13.2 Å². The first-order chi connectivity index (χ1) is 24.0. The fourth-order valence-corrected chi connectivity index (χ4v) is 6.46. The summed E-state index contributed by atoms with van der Waals surface area (Å²) >= 11 is 0. The second kappa shape index (κ2) is 17.2. The first-order valence-electron chi connectivity index (χ1n) is 17.0. The van der Waals surface area contributed by atoms with E-state index in [1.807, 2.05) is 64.1 Å². The van der Waals surface area contributed by atoms with Crippen LogP contribution in [0.1, 0.15) is 58.9 Å². The van der Waals surface area contributed by atoms with Crippen molar-refractivity contribution < 1.29 is 47.6 Å². The molecule has 0 aliphatic heterocycles. The molecule has 6 aromatic rings. The molecule has 0 unspecified atom stereocenters. The van der Waals surface area contributed by atoms with Crippen molar-refractivity contribution >= 4 is 38.1 Å². The van der Waals surface area contributed by atoms with E-state index < -0.39 is 11.7 Å². The average molecular weight is 871 g/mol. The van der Waals surface area contributed by atoms with Gasteiger partial charge in [0.15, 0.2) is 5.78 Å². The van der Waals surface area contributed by atoms with Crippen LogP contribution < -0.4 is 0 Å². The number of ketones is 1. The summed E-state index contributed by atoms with van der Waals surface area (Å²) in [5.74, 6) is 0.205. The van der Waals surface area contributed by atoms with E-state index >= 15 is 4.39 Å². The predicted molar refractivity (Wildman–Crippen MR) is 195 cm³/mol. The number of pyridine rings is 1. The Kier molecular flexibility index (Phi) is 13.3. The monoisotopic (exact) mass is 871 g/mol. The Morgan fingerprint density at radius 1 is 0.765 bits per heavy atom. The van der Waals surface area contributed by atoms with Crippen molar-refractivity contribution in [2.45, 2.75) is 59.6 Å². The number of nitrogens with zero attached hydrogens (tertiary/aromatic N) is 1. The molecule has 267 valence electrons. The number of hydrogen-bond acceptors (Lipinski definition) is 3. The molecular weight excluding hydrogens is 831 g/mol. The van der Waals surface area contributed by atoms with Gasteiger partial charge >= 0.3 is 6.18 Å². The Morgan fingerprint density at radius 3 is 2.00 bits per heavy atom. The van der Waals surface area contributed by atoms with Gasteiger partial charge < -0.3 is 5.11 Å². The number of halogens is 4. The Labute approximate surface area is 309 Å². The van der Waals surface area contributed by atoms with Gasteiger partial charge in [0, 0.05) is 60.9 Å². The number of hydrogen-bond donors (Lipinski definition) is 1. The first-order valence-corrected chi connectivity index (χ1v) is 17.0. The van der Waals surface area contributed by atoms with E-state index in [4.69, 9.17) is 0 Å². The number of alkyl halides is 3. The number of allylic oxidation sites excluding steroid dienone is 2. The molecule has 1 N–H and O–H groups in total. The minimum Gasteiger partial charge on any atom is -0.512 e. The summed E-state index contributed by atoms with van der Waals surface area (Å²) in [6.07, 6.45) is 1.91. The van der Waals surface area contributed by atoms with Crippen LogP contribution in [0.2, 0.25) is 0 Å². The van der Waals surface area contributed by atoms with Gasteiger partial charge in [0.05, 0.1) is 5.76 Å². The molecule has 51 heavy (non-hydrogen) atoms. The molecule has 0 fully saturated rings. The molecule has 0 aliphatic rings. The minimum atomic E-state index is -4.53. The van der Waals surface area contributed by atoms with Crippen LogP contribution in [0.3, 0.4) is 0 Å². The Morgan fingerprint density at radius 2 is 1.35 bits per heavy atom. The third-order valence-electron chi connectivity index (χ3n) is 9.38. The van der Waals surface area contributed by atoms with Crippen molar-refractivity contribution in [2.75, 3.05) is 0 Å². The zero-order valence-electron chi connectivity index (χ0n) is 28.9. The van der Waals surface area contributed by atoms with Gasteiger partial charge in [0.25, 0.3) is 0 Å². The molecule has 3 nitrogen and oxygen atoms in total. The van der Waals surface area contributed by atoms with E-state index in [0.717, 1.165) is 37.3 Å². The number of aromatic nitrogens is 1. The van der Waals surface area contributed by atoms with Crippen molar-refractivity contribution in [1.29, 1.82) is 0 Å². The molecule has 1 heterocycles. The smallest absolute Gasteiger partial charge is 0.403 e. The fraction of sp³-hybridized carbons (Fsp3) is 0.256. The molecule has 0 aliphatic carbocycles. The van der Waals surface area contributed by atoms with Crippen molar-refractivity contribution in [3.8, 4) is 22.4 Å². The maximum absolute atomic E-state index is 15.5. The molecular formula is C43H40F4IrNO2-. The number of aliphatic hydroxyl groups excluding tert-OH is 1. The number of rotatable bonds is 9. The normalized spacial score (nSPS) is 11.9. The molecule has 0 bridgehead atoms. The van der Waals surface area contributed by atoms with E-state index in [0.29, 0.717) is 38.2 Å². The quantitative estimate of drug-likeness (QED) is 0.0518. The summed E-state index contributed by atoms with van der Waals surface area (Å²) in [6.45, 7) is 8.07. The Bertz CT molecular complexity index is 2150. The van der Waals surface area contributed by atoms with Crippen LogP contribution >= 0.6 is 0 Å². The van der Waals surface area contributed by atoms with Crippen molar-refractivity contribution in [3.05, 3.63) is 126 Å². The number of benzene rings is 5. The molecule has 0 atom stereocenters. The summed E-state index contributed by atoms with van der Waals surface area (Å²) in [7, 11) is 0. The van der Waals surface area contributed by atoms with Gasteiger partial charge in [-0.1, -0.05) is 111 Å². The zero-order valence-corrected chi connectivity index (χ0v) is 31.3. The number of aliphatic hydroxyl groups is 1. The van der Waals surface area contributed by atoms with Crippen LogP contribution in [0.5, 0.6) is 0 Å². The van der Waals surface area contributed by atoms with Gasteiger partial charge in [0.2, 0.25) is 0 Å². The number of carbonyl (C=O) groups excluding carboxylic acids is 1. The summed E-state index contributed by atoms with van der Waals surface area (Å²) in [4.78, 5) is 16.1. The van der Waals surface area contributed by atoms with Crippen molar-refractivity contribution in [1.82, 2.24) is 4.98 Å². The van der Waals surface area contributed by atoms with E-state index in [1.54, 1.807) is 42.5 Å². The fourth-order valence-electron chi connectivity index (χ4n) is 6.46. The third kappa shape index (κ3) is 8.57. The van der Waals surface area contributed by atoms with Gasteiger partial charge in [-0.25, -0.2) is 4.39 Å². The maximum Gasteiger partial charge on any atom is 0.403 e. The number of carbonyl (C=O) groups is 1.